The Balaban J connectivity index is 2.52. The van der Waals surface area contributed by atoms with Crippen LogP contribution in [0, 0.1) is 5.82 Å². The highest BCUT2D eigenvalue weighted by atomic mass is 35.5. The van der Waals surface area contributed by atoms with Gasteiger partial charge in [0.05, 0.1) is 6.04 Å². The van der Waals surface area contributed by atoms with Crippen LogP contribution in [0.4, 0.5) is 4.39 Å². The van der Waals surface area contributed by atoms with Crippen molar-refractivity contribution in [1.82, 2.24) is 5.32 Å². The Morgan fingerprint density at radius 1 is 1.62 bits per heavy atom. The van der Waals surface area contributed by atoms with E-state index in [-0.39, 0.29) is 11.7 Å². The molecular formula is C11H14ClFN2O. The number of carbonyl (C=O) groups is 1. The van der Waals surface area contributed by atoms with Gasteiger partial charge < -0.3 is 11.1 Å². The van der Waals surface area contributed by atoms with E-state index in [1.807, 2.05) is 0 Å². The van der Waals surface area contributed by atoms with Gasteiger partial charge in [0.15, 0.2) is 0 Å². The zero-order valence-electron chi connectivity index (χ0n) is 8.97. The Kier molecular flexibility index (Phi) is 4.71. The van der Waals surface area contributed by atoms with Crippen LogP contribution in [0.3, 0.4) is 0 Å². The number of halogens is 2. The molecule has 0 bridgehead atoms. The van der Waals surface area contributed by atoms with Crippen LogP contribution >= 0.6 is 11.6 Å². The summed E-state index contributed by atoms with van der Waals surface area (Å²) in [5.41, 5.74) is 5.77. The molecule has 0 saturated carbocycles. The number of benzene rings is 1. The zero-order valence-corrected chi connectivity index (χ0v) is 9.72. The minimum Gasteiger partial charge on any atom is -0.354 e. The lowest BCUT2D eigenvalue weighted by Gasteiger charge is -2.09. The summed E-state index contributed by atoms with van der Waals surface area (Å²) in [6, 6.07) is 3.94. The predicted molar refractivity (Wildman–Crippen MR) is 61.8 cm³/mol. The Hall–Kier alpha value is -1.13. The molecule has 0 aliphatic carbocycles. The van der Waals surface area contributed by atoms with E-state index >= 15 is 0 Å². The molecule has 1 aromatic rings. The van der Waals surface area contributed by atoms with Gasteiger partial charge in [-0.05, 0) is 25.5 Å². The van der Waals surface area contributed by atoms with E-state index in [1.165, 1.54) is 6.07 Å². The molecule has 0 radical (unpaired) electrons. The van der Waals surface area contributed by atoms with Gasteiger partial charge in [0, 0.05) is 17.1 Å². The minimum atomic E-state index is -0.559. The fourth-order valence-electron chi connectivity index (χ4n) is 1.24. The lowest BCUT2D eigenvalue weighted by atomic mass is 10.1. The van der Waals surface area contributed by atoms with E-state index in [2.05, 4.69) is 5.32 Å². The van der Waals surface area contributed by atoms with Gasteiger partial charge in [0.2, 0.25) is 5.91 Å². The minimum absolute atomic E-state index is 0.257. The number of amides is 1. The largest absolute Gasteiger partial charge is 0.354 e. The summed E-state index contributed by atoms with van der Waals surface area (Å²) in [5, 5.41) is 2.97. The molecule has 0 saturated heterocycles. The van der Waals surface area contributed by atoms with Gasteiger partial charge in [-0.15, -0.1) is 0 Å². The number of carbonyl (C=O) groups excluding carboxylic acids is 1. The molecule has 3 N–H and O–H groups in total. The fraction of sp³-hybridized carbons (Fsp3) is 0.364. The van der Waals surface area contributed by atoms with Crippen molar-refractivity contribution in [2.45, 2.75) is 19.4 Å². The van der Waals surface area contributed by atoms with Gasteiger partial charge in [-0.2, -0.15) is 0 Å². The van der Waals surface area contributed by atoms with Crippen molar-refractivity contribution in [3.8, 4) is 0 Å². The second-order valence-electron chi connectivity index (χ2n) is 3.53. The van der Waals surface area contributed by atoms with Crippen molar-refractivity contribution in [3.63, 3.8) is 0 Å². The third kappa shape index (κ3) is 3.47. The van der Waals surface area contributed by atoms with Crippen LogP contribution in [-0.4, -0.2) is 18.5 Å². The Labute approximate surface area is 98.8 Å². The Morgan fingerprint density at radius 2 is 2.31 bits per heavy atom. The lowest BCUT2D eigenvalue weighted by molar-refractivity contribution is -0.121. The Bertz CT molecular complexity index is 362. The fourth-order valence-corrected chi connectivity index (χ4v) is 1.50. The number of nitrogens with two attached hydrogens (primary N) is 1. The van der Waals surface area contributed by atoms with E-state index in [0.717, 1.165) is 0 Å². The normalized spacial score (nSPS) is 12.2. The molecular weight excluding hydrogens is 231 g/mol. The molecule has 1 amide bonds. The van der Waals surface area contributed by atoms with Crippen molar-refractivity contribution in [2.75, 3.05) is 6.54 Å². The molecule has 0 aromatic heterocycles. The summed E-state index contributed by atoms with van der Waals surface area (Å²) >= 11 is 5.83. The number of hydrogen-bond donors (Lipinski definition) is 2. The first kappa shape index (κ1) is 12.9. The molecule has 0 spiro atoms. The van der Waals surface area contributed by atoms with Gasteiger partial charge in [-0.1, -0.05) is 17.7 Å². The second kappa shape index (κ2) is 5.82. The molecule has 1 unspecified atom stereocenters. The maximum absolute atomic E-state index is 13.3. The molecule has 0 heterocycles. The average Bonchev–Trinajstić information content (AvgIpc) is 2.22. The smallest absolute Gasteiger partial charge is 0.236 e. The van der Waals surface area contributed by atoms with Crippen molar-refractivity contribution in [1.29, 1.82) is 0 Å². The van der Waals surface area contributed by atoms with Crippen LogP contribution < -0.4 is 11.1 Å². The lowest BCUT2D eigenvalue weighted by Crippen LogP contribution is -2.39. The van der Waals surface area contributed by atoms with Crippen molar-refractivity contribution in [3.05, 3.63) is 34.6 Å². The second-order valence-corrected chi connectivity index (χ2v) is 3.94. The first-order valence-corrected chi connectivity index (χ1v) is 5.36. The van der Waals surface area contributed by atoms with Gasteiger partial charge in [-0.25, -0.2) is 4.39 Å². The first-order chi connectivity index (χ1) is 7.52. The SMILES string of the molecule is CC(N)C(=O)NCCc1c(F)cccc1Cl. The predicted octanol–water partition coefficient (Wildman–Crippen LogP) is 1.48. The summed E-state index contributed by atoms with van der Waals surface area (Å²) in [5.74, 6) is -0.616. The Morgan fingerprint density at radius 3 is 2.88 bits per heavy atom. The van der Waals surface area contributed by atoms with Gasteiger partial charge in [-0.3, -0.25) is 4.79 Å². The third-order valence-corrected chi connectivity index (χ3v) is 2.50. The summed E-state index contributed by atoms with van der Waals surface area (Å²) in [7, 11) is 0. The van der Waals surface area contributed by atoms with Crippen LogP contribution in [0.25, 0.3) is 0 Å². The highest BCUT2D eigenvalue weighted by Gasteiger charge is 2.09. The summed E-state index contributed by atoms with van der Waals surface area (Å²) < 4.78 is 13.3. The third-order valence-electron chi connectivity index (χ3n) is 2.15. The molecule has 5 heteroatoms. The van der Waals surface area contributed by atoms with E-state index < -0.39 is 6.04 Å². The summed E-state index contributed by atoms with van der Waals surface area (Å²) in [6.07, 6.45) is 0.351. The number of nitrogens with one attached hydrogen (secondary N) is 1. The highest BCUT2D eigenvalue weighted by Crippen LogP contribution is 2.18. The van der Waals surface area contributed by atoms with Crippen LogP contribution in [0.1, 0.15) is 12.5 Å². The molecule has 88 valence electrons. The van der Waals surface area contributed by atoms with E-state index in [9.17, 15) is 9.18 Å². The van der Waals surface area contributed by atoms with Crippen LogP contribution in [0.2, 0.25) is 5.02 Å². The summed E-state index contributed by atoms with van der Waals surface area (Å²) in [4.78, 5) is 11.1. The van der Waals surface area contributed by atoms with Crippen molar-refractivity contribution < 1.29 is 9.18 Å². The maximum atomic E-state index is 13.3. The van der Waals surface area contributed by atoms with Crippen LogP contribution in [0.5, 0.6) is 0 Å². The maximum Gasteiger partial charge on any atom is 0.236 e. The van der Waals surface area contributed by atoms with Crippen LogP contribution in [0.15, 0.2) is 18.2 Å². The average molecular weight is 245 g/mol. The van der Waals surface area contributed by atoms with Gasteiger partial charge in [0.25, 0.3) is 0 Å². The van der Waals surface area contributed by atoms with Crippen LogP contribution in [-0.2, 0) is 11.2 Å². The van der Waals surface area contributed by atoms with E-state index in [0.29, 0.717) is 23.6 Å². The molecule has 1 aromatic carbocycles. The topological polar surface area (TPSA) is 55.1 Å². The molecule has 1 atom stereocenters. The quantitative estimate of drug-likeness (QED) is 0.843. The first-order valence-electron chi connectivity index (χ1n) is 4.98. The van der Waals surface area contributed by atoms with E-state index in [1.54, 1.807) is 19.1 Å². The molecule has 3 nitrogen and oxygen atoms in total. The van der Waals surface area contributed by atoms with Gasteiger partial charge >= 0.3 is 0 Å². The van der Waals surface area contributed by atoms with Gasteiger partial charge in [0.1, 0.15) is 5.82 Å². The molecule has 0 fully saturated rings. The highest BCUT2D eigenvalue weighted by molar-refractivity contribution is 6.31. The van der Waals surface area contributed by atoms with Crippen molar-refractivity contribution >= 4 is 17.5 Å². The van der Waals surface area contributed by atoms with Crippen molar-refractivity contribution in [2.24, 2.45) is 5.73 Å². The summed E-state index contributed by atoms with van der Waals surface area (Å²) in [6.45, 7) is 1.91. The monoisotopic (exact) mass is 244 g/mol. The molecule has 0 aliphatic heterocycles. The molecule has 16 heavy (non-hydrogen) atoms. The number of rotatable bonds is 4. The molecule has 1 rings (SSSR count). The van der Waals surface area contributed by atoms with E-state index in [4.69, 9.17) is 17.3 Å². The molecule has 0 aliphatic rings. The number of hydrogen-bond acceptors (Lipinski definition) is 2. The zero-order chi connectivity index (χ0) is 12.1. The standard InChI is InChI=1S/C11H14ClFN2O/c1-7(14)11(16)15-6-5-8-9(12)3-2-4-10(8)13/h2-4,7H,5-6,14H2,1H3,(H,15,16).